The fourth-order valence-corrected chi connectivity index (χ4v) is 3.69. The van der Waals surface area contributed by atoms with Crippen molar-refractivity contribution in [3.63, 3.8) is 0 Å². The summed E-state index contributed by atoms with van der Waals surface area (Å²) in [6.45, 7) is 0. The summed E-state index contributed by atoms with van der Waals surface area (Å²) >= 11 is 0. The van der Waals surface area contributed by atoms with E-state index >= 15 is 0 Å². The van der Waals surface area contributed by atoms with Gasteiger partial charge in [0.2, 0.25) is 0 Å². The third kappa shape index (κ3) is 2.89. The minimum absolute atomic E-state index is 0.0319. The largest absolute Gasteiger partial charge is 0.422 e. The Bertz CT molecular complexity index is 1210. The number of hydrogen-bond donors (Lipinski definition) is 0. The van der Waals surface area contributed by atoms with Gasteiger partial charge in [-0.3, -0.25) is 5.01 Å². The van der Waals surface area contributed by atoms with E-state index in [0.717, 1.165) is 22.3 Å². The second kappa shape index (κ2) is 6.82. The molecule has 4 heteroatoms. The molecular weight excluding hydrogens is 348 g/mol. The van der Waals surface area contributed by atoms with Crippen molar-refractivity contribution >= 4 is 22.4 Å². The first-order valence-corrected chi connectivity index (χ1v) is 9.29. The standard InChI is InChI=1S/C24H18N2O2/c27-24-20(15-18-11-7-8-14-23(18)28-24)21-16-22(17-9-3-1-4-10-17)26(25-21)19-12-5-2-6-13-19/h1-15,22H,16H2/t22-/m0/s1. The van der Waals surface area contributed by atoms with Gasteiger partial charge < -0.3 is 4.42 Å². The topological polar surface area (TPSA) is 45.8 Å². The maximum atomic E-state index is 12.6. The average molecular weight is 366 g/mol. The van der Waals surface area contributed by atoms with Crippen LogP contribution in [0.3, 0.4) is 0 Å². The predicted octanol–water partition coefficient (Wildman–Crippen LogP) is 5.15. The van der Waals surface area contributed by atoms with Gasteiger partial charge in [0.15, 0.2) is 0 Å². The van der Waals surface area contributed by atoms with Crippen molar-refractivity contribution in [3.8, 4) is 0 Å². The normalized spacial score (nSPS) is 16.4. The molecule has 28 heavy (non-hydrogen) atoms. The van der Waals surface area contributed by atoms with Crippen LogP contribution in [0.4, 0.5) is 5.69 Å². The zero-order valence-electron chi connectivity index (χ0n) is 15.2. The maximum absolute atomic E-state index is 12.6. The van der Waals surface area contributed by atoms with Gasteiger partial charge in [-0.1, -0.05) is 66.7 Å². The summed E-state index contributed by atoms with van der Waals surface area (Å²) in [4.78, 5) is 12.6. The zero-order valence-corrected chi connectivity index (χ0v) is 15.2. The lowest BCUT2D eigenvalue weighted by molar-refractivity contribution is 0.559. The molecule has 0 N–H and O–H groups in total. The molecule has 0 saturated heterocycles. The van der Waals surface area contributed by atoms with E-state index in [1.54, 1.807) is 6.07 Å². The maximum Gasteiger partial charge on any atom is 0.345 e. The minimum atomic E-state index is -0.348. The lowest BCUT2D eigenvalue weighted by atomic mass is 9.98. The lowest BCUT2D eigenvalue weighted by Crippen LogP contribution is -2.18. The van der Waals surface area contributed by atoms with Gasteiger partial charge in [-0.2, -0.15) is 5.10 Å². The van der Waals surface area contributed by atoms with Gasteiger partial charge in [0.05, 0.1) is 23.0 Å². The summed E-state index contributed by atoms with van der Waals surface area (Å²) in [6.07, 6.45) is 0.641. The molecule has 1 aliphatic rings. The Morgan fingerprint density at radius 2 is 1.54 bits per heavy atom. The van der Waals surface area contributed by atoms with Crippen LogP contribution in [0.5, 0.6) is 0 Å². The molecule has 2 heterocycles. The smallest absolute Gasteiger partial charge is 0.345 e. The molecular formula is C24H18N2O2. The summed E-state index contributed by atoms with van der Waals surface area (Å²) in [7, 11) is 0. The van der Waals surface area contributed by atoms with Crippen LogP contribution in [0.15, 0.2) is 105 Å². The number of nitrogens with zero attached hydrogens (tertiary/aromatic N) is 2. The first kappa shape index (κ1) is 16.5. The molecule has 3 aromatic carbocycles. The quantitative estimate of drug-likeness (QED) is 0.471. The SMILES string of the molecule is O=c1oc2ccccc2cc1C1=NN(c2ccccc2)[C@H](c2ccccc2)C1. The number of fused-ring (bicyclic) bond motifs is 1. The van der Waals surface area contributed by atoms with E-state index in [2.05, 4.69) is 12.1 Å². The van der Waals surface area contributed by atoms with E-state index in [-0.39, 0.29) is 11.7 Å². The third-order valence-corrected chi connectivity index (χ3v) is 5.07. The predicted molar refractivity (Wildman–Crippen MR) is 112 cm³/mol. The molecule has 4 nitrogen and oxygen atoms in total. The van der Waals surface area contributed by atoms with Crippen LogP contribution >= 0.6 is 0 Å². The number of hydrogen-bond acceptors (Lipinski definition) is 4. The molecule has 0 radical (unpaired) electrons. The Kier molecular flexibility index (Phi) is 4.02. The first-order valence-electron chi connectivity index (χ1n) is 9.29. The van der Waals surface area contributed by atoms with Gasteiger partial charge in [0, 0.05) is 11.8 Å². The van der Waals surface area contributed by atoms with Crippen LogP contribution in [-0.2, 0) is 0 Å². The fourth-order valence-electron chi connectivity index (χ4n) is 3.69. The first-order chi connectivity index (χ1) is 13.8. The van der Waals surface area contributed by atoms with E-state index < -0.39 is 0 Å². The van der Waals surface area contributed by atoms with Gasteiger partial charge in [-0.15, -0.1) is 0 Å². The minimum Gasteiger partial charge on any atom is -0.422 e. The molecule has 4 aromatic rings. The Morgan fingerprint density at radius 3 is 2.32 bits per heavy atom. The fraction of sp³-hybridized carbons (Fsp3) is 0.0833. The number of anilines is 1. The number of benzene rings is 3. The molecule has 0 aliphatic carbocycles. The average Bonchev–Trinajstić information content (AvgIpc) is 3.20. The second-order valence-electron chi connectivity index (χ2n) is 6.84. The van der Waals surface area contributed by atoms with Crippen LogP contribution in [0, 0.1) is 0 Å². The van der Waals surface area contributed by atoms with Crippen molar-refractivity contribution in [1.82, 2.24) is 0 Å². The molecule has 1 aliphatic heterocycles. The molecule has 0 fully saturated rings. The molecule has 0 unspecified atom stereocenters. The molecule has 0 spiro atoms. The number of hydrazone groups is 1. The molecule has 5 rings (SSSR count). The van der Waals surface area contributed by atoms with Crippen LogP contribution in [-0.4, -0.2) is 5.71 Å². The monoisotopic (exact) mass is 366 g/mol. The van der Waals surface area contributed by atoms with Crippen molar-refractivity contribution in [1.29, 1.82) is 0 Å². The van der Waals surface area contributed by atoms with Crippen LogP contribution in [0.1, 0.15) is 23.6 Å². The summed E-state index contributed by atoms with van der Waals surface area (Å²) in [5.74, 6) is 0. The molecule has 136 valence electrons. The van der Waals surface area contributed by atoms with Crippen molar-refractivity contribution in [2.45, 2.75) is 12.5 Å². The van der Waals surface area contributed by atoms with Crippen molar-refractivity contribution in [2.24, 2.45) is 5.10 Å². The molecule has 1 atom stereocenters. The van der Waals surface area contributed by atoms with Crippen LogP contribution < -0.4 is 10.6 Å². The molecule has 0 bridgehead atoms. The Morgan fingerprint density at radius 1 is 0.857 bits per heavy atom. The molecule has 1 aromatic heterocycles. The van der Waals surface area contributed by atoms with Gasteiger partial charge in [-0.25, -0.2) is 4.79 Å². The van der Waals surface area contributed by atoms with E-state index in [1.807, 2.05) is 77.8 Å². The van der Waals surface area contributed by atoms with E-state index in [4.69, 9.17) is 9.52 Å². The van der Waals surface area contributed by atoms with E-state index in [1.165, 1.54) is 0 Å². The summed E-state index contributed by atoms with van der Waals surface area (Å²) in [6, 6.07) is 29.8. The van der Waals surface area contributed by atoms with Crippen LogP contribution in [0.25, 0.3) is 11.0 Å². The van der Waals surface area contributed by atoms with Crippen LogP contribution in [0.2, 0.25) is 0 Å². The zero-order chi connectivity index (χ0) is 18.9. The van der Waals surface area contributed by atoms with Crippen molar-refractivity contribution in [3.05, 3.63) is 113 Å². The molecule has 0 saturated carbocycles. The van der Waals surface area contributed by atoms with Gasteiger partial charge in [-0.05, 0) is 29.8 Å². The van der Waals surface area contributed by atoms with Gasteiger partial charge in [0.25, 0.3) is 0 Å². The third-order valence-electron chi connectivity index (χ3n) is 5.07. The van der Waals surface area contributed by atoms with Crippen molar-refractivity contribution < 1.29 is 4.42 Å². The highest BCUT2D eigenvalue weighted by molar-refractivity contribution is 6.04. The second-order valence-corrected chi connectivity index (χ2v) is 6.84. The molecule has 0 amide bonds. The Hall–Kier alpha value is -3.66. The number of rotatable bonds is 3. The van der Waals surface area contributed by atoms with E-state index in [0.29, 0.717) is 17.6 Å². The highest BCUT2D eigenvalue weighted by Gasteiger charge is 2.31. The van der Waals surface area contributed by atoms with Gasteiger partial charge >= 0.3 is 5.63 Å². The van der Waals surface area contributed by atoms with E-state index in [9.17, 15) is 4.79 Å². The van der Waals surface area contributed by atoms with Crippen molar-refractivity contribution in [2.75, 3.05) is 5.01 Å². The highest BCUT2D eigenvalue weighted by Crippen LogP contribution is 2.36. The number of para-hydroxylation sites is 2. The van der Waals surface area contributed by atoms with Gasteiger partial charge in [0.1, 0.15) is 5.58 Å². The summed E-state index contributed by atoms with van der Waals surface area (Å²) in [5, 5.41) is 7.74. The lowest BCUT2D eigenvalue weighted by Gasteiger charge is -2.23. The Labute approximate surface area is 162 Å². The summed E-state index contributed by atoms with van der Waals surface area (Å²) in [5.41, 5.74) is 3.68. The summed E-state index contributed by atoms with van der Waals surface area (Å²) < 4.78 is 5.53. The highest BCUT2D eigenvalue weighted by atomic mass is 16.4. The Balaban J connectivity index is 1.62.